The lowest BCUT2D eigenvalue weighted by molar-refractivity contribution is 0.114. The zero-order valence-corrected chi connectivity index (χ0v) is 11.0. The summed E-state index contributed by atoms with van der Waals surface area (Å²) in [6.45, 7) is 1.32. The van der Waals surface area contributed by atoms with E-state index in [1.165, 1.54) is 6.42 Å². The van der Waals surface area contributed by atoms with Gasteiger partial charge in [-0.3, -0.25) is 4.68 Å². The lowest BCUT2D eigenvalue weighted by Crippen LogP contribution is -2.33. The smallest absolute Gasteiger partial charge is 0.322 e. The highest BCUT2D eigenvalue weighted by atomic mass is 16.5. The highest BCUT2D eigenvalue weighted by Crippen LogP contribution is 2.29. The number of nitrogens with one attached hydrogen (secondary N) is 1. The molecule has 1 fully saturated rings. The summed E-state index contributed by atoms with van der Waals surface area (Å²) in [4.78, 5) is 13.8. The molecule has 0 unspecified atom stereocenters. The van der Waals surface area contributed by atoms with E-state index in [4.69, 9.17) is 4.74 Å². The van der Waals surface area contributed by atoms with Crippen LogP contribution in [0.25, 0.3) is 0 Å². The summed E-state index contributed by atoms with van der Waals surface area (Å²) >= 11 is 0. The maximum Gasteiger partial charge on any atom is 0.322 e. The number of hydrogen-bond donors (Lipinski definition) is 1. The van der Waals surface area contributed by atoms with Crippen LogP contribution in [-0.2, 0) is 7.05 Å². The molecule has 1 saturated carbocycles. The fourth-order valence-electron chi connectivity index (χ4n) is 2.13. The fraction of sp³-hybridized carbons (Fsp3) is 0.538. The van der Waals surface area contributed by atoms with Gasteiger partial charge in [-0.2, -0.15) is 0 Å². The van der Waals surface area contributed by atoms with Crippen molar-refractivity contribution in [2.75, 3.05) is 18.4 Å². The van der Waals surface area contributed by atoms with E-state index in [2.05, 4.69) is 10.4 Å². The molecule has 0 atom stereocenters. The number of nitrogens with zero attached hydrogens (tertiary/aromatic N) is 3. The number of rotatable bonds is 3. The van der Waals surface area contributed by atoms with E-state index in [9.17, 15) is 4.79 Å². The Hall–Kier alpha value is -1.98. The van der Waals surface area contributed by atoms with Gasteiger partial charge in [0.15, 0.2) is 0 Å². The minimum absolute atomic E-state index is 0.114. The van der Waals surface area contributed by atoms with Crippen LogP contribution in [0.15, 0.2) is 18.3 Å². The summed E-state index contributed by atoms with van der Waals surface area (Å²) in [5, 5.41) is 7.12. The second kappa shape index (κ2) is 4.95. The number of carbonyl (C=O) groups excluding carboxylic acids is 1. The van der Waals surface area contributed by atoms with Crippen molar-refractivity contribution in [1.29, 1.82) is 0 Å². The van der Waals surface area contributed by atoms with E-state index in [0.29, 0.717) is 24.7 Å². The molecule has 1 aliphatic heterocycles. The molecular formula is C13H18N4O2. The first-order valence-electron chi connectivity index (χ1n) is 6.63. The number of ether oxygens (including phenoxy) is 1. The van der Waals surface area contributed by atoms with Gasteiger partial charge in [-0.1, -0.05) is 12.2 Å². The quantitative estimate of drug-likeness (QED) is 0.844. The first-order valence-corrected chi connectivity index (χ1v) is 6.63. The van der Waals surface area contributed by atoms with Gasteiger partial charge in [-0.05, 0) is 19.3 Å². The molecule has 2 amide bonds. The molecule has 1 aromatic heterocycles. The summed E-state index contributed by atoms with van der Waals surface area (Å²) in [5.41, 5.74) is 0.645. The van der Waals surface area contributed by atoms with Crippen LogP contribution in [0, 0.1) is 0 Å². The number of amides is 2. The summed E-state index contributed by atoms with van der Waals surface area (Å²) < 4.78 is 7.44. The molecule has 3 rings (SSSR count). The summed E-state index contributed by atoms with van der Waals surface area (Å²) in [7, 11) is 1.82. The van der Waals surface area contributed by atoms with Gasteiger partial charge in [0.05, 0.1) is 6.20 Å². The molecule has 2 aliphatic rings. The molecule has 0 bridgehead atoms. The third-order valence-electron chi connectivity index (χ3n) is 3.47. The van der Waals surface area contributed by atoms with Gasteiger partial charge in [0, 0.05) is 20.1 Å². The Bertz CT molecular complexity index is 497. The van der Waals surface area contributed by atoms with Crippen LogP contribution in [0.1, 0.15) is 19.3 Å². The van der Waals surface area contributed by atoms with E-state index >= 15 is 0 Å². The van der Waals surface area contributed by atoms with E-state index in [1.807, 2.05) is 19.2 Å². The van der Waals surface area contributed by atoms with Crippen molar-refractivity contribution in [3.05, 3.63) is 18.3 Å². The zero-order chi connectivity index (χ0) is 13.2. The minimum Gasteiger partial charge on any atom is -0.472 e. The molecule has 0 saturated heterocycles. The van der Waals surface area contributed by atoms with E-state index in [-0.39, 0.29) is 12.1 Å². The van der Waals surface area contributed by atoms with Crippen molar-refractivity contribution >= 4 is 11.7 Å². The third-order valence-corrected chi connectivity index (χ3v) is 3.47. The van der Waals surface area contributed by atoms with Gasteiger partial charge in [-0.25, -0.2) is 4.79 Å². The summed E-state index contributed by atoms with van der Waals surface area (Å²) in [6.07, 6.45) is 9.33. The predicted octanol–water partition coefficient (Wildman–Crippen LogP) is 1.76. The van der Waals surface area contributed by atoms with Crippen LogP contribution in [0.4, 0.5) is 10.5 Å². The molecule has 102 valence electrons. The van der Waals surface area contributed by atoms with E-state index in [1.54, 1.807) is 15.8 Å². The second-order valence-electron chi connectivity index (χ2n) is 5.00. The molecule has 1 aromatic rings. The largest absolute Gasteiger partial charge is 0.472 e. The van der Waals surface area contributed by atoms with E-state index in [0.717, 1.165) is 12.8 Å². The Kier molecular flexibility index (Phi) is 3.15. The molecule has 0 aromatic carbocycles. The van der Waals surface area contributed by atoms with Gasteiger partial charge < -0.3 is 15.0 Å². The van der Waals surface area contributed by atoms with Crippen LogP contribution < -0.4 is 10.1 Å². The highest BCUT2D eigenvalue weighted by molar-refractivity contribution is 5.90. The fourth-order valence-corrected chi connectivity index (χ4v) is 2.13. The van der Waals surface area contributed by atoms with Crippen molar-refractivity contribution < 1.29 is 9.53 Å². The second-order valence-corrected chi connectivity index (χ2v) is 5.00. The summed E-state index contributed by atoms with van der Waals surface area (Å²) in [6, 6.07) is -0.114. The Labute approximate surface area is 112 Å². The Morgan fingerprint density at radius 3 is 2.79 bits per heavy atom. The predicted molar refractivity (Wildman–Crippen MR) is 71.2 cm³/mol. The SMILES string of the molecule is Cn1cc(NC(=O)N2CC=CC2)c(OC2CCC2)n1. The molecule has 6 nitrogen and oxygen atoms in total. The maximum atomic E-state index is 12.0. The van der Waals surface area contributed by atoms with Crippen LogP contribution in [0.2, 0.25) is 0 Å². The Morgan fingerprint density at radius 2 is 2.16 bits per heavy atom. The van der Waals surface area contributed by atoms with Crippen molar-refractivity contribution in [3.8, 4) is 5.88 Å². The van der Waals surface area contributed by atoms with Gasteiger partial charge in [0.1, 0.15) is 11.8 Å². The number of anilines is 1. The first kappa shape index (κ1) is 12.1. The highest BCUT2D eigenvalue weighted by Gasteiger charge is 2.23. The van der Waals surface area contributed by atoms with Crippen LogP contribution in [0.3, 0.4) is 0 Å². The first-order chi connectivity index (χ1) is 9.22. The molecule has 2 heterocycles. The molecular weight excluding hydrogens is 244 g/mol. The molecule has 1 aliphatic carbocycles. The standard InChI is InChI=1S/C13H18N4O2/c1-16-9-11(12(15-16)19-10-5-4-6-10)14-13(18)17-7-2-3-8-17/h2-3,9-10H,4-8H2,1H3,(H,14,18). The number of aromatic nitrogens is 2. The molecule has 0 spiro atoms. The van der Waals surface area contributed by atoms with Gasteiger partial charge >= 0.3 is 6.03 Å². The maximum absolute atomic E-state index is 12.0. The minimum atomic E-state index is -0.114. The Morgan fingerprint density at radius 1 is 1.42 bits per heavy atom. The number of urea groups is 1. The lowest BCUT2D eigenvalue weighted by atomic mass is 9.96. The van der Waals surface area contributed by atoms with Crippen LogP contribution in [-0.4, -0.2) is 39.9 Å². The van der Waals surface area contributed by atoms with Gasteiger partial charge in [0.2, 0.25) is 0 Å². The zero-order valence-electron chi connectivity index (χ0n) is 11.0. The third kappa shape index (κ3) is 2.57. The van der Waals surface area contributed by atoms with Gasteiger partial charge in [0.25, 0.3) is 5.88 Å². The van der Waals surface area contributed by atoms with Crippen molar-refractivity contribution in [2.24, 2.45) is 7.05 Å². The average Bonchev–Trinajstić information content (AvgIpc) is 2.93. The lowest BCUT2D eigenvalue weighted by Gasteiger charge is -2.25. The van der Waals surface area contributed by atoms with Crippen molar-refractivity contribution in [2.45, 2.75) is 25.4 Å². The number of hydrogen-bond acceptors (Lipinski definition) is 3. The molecule has 6 heteroatoms. The van der Waals surface area contributed by atoms with Crippen LogP contribution in [0.5, 0.6) is 5.88 Å². The normalized spacial score (nSPS) is 18.5. The molecule has 19 heavy (non-hydrogen) atoms. The average molecular weight is 262 g/mol. The van der Waals surface area contributed by atoms with Crippen LogP contribution >= 0.6 is 0 Å². The van der Waals surface area contributed by atoms with Gasteiger partial charge in [-0.15, -0.1) is 5.10 Å². The molecule has 0 radical (unpaired) electrons. The van der Waals surface area contributed by atoms with E-state index < -0.39 is 0 Å². The Balaban J connectivity index is 1.66. The topological polar surface area (TPSA) is 59.4 Å². The monoisotopic (exact) mass is 262 g/mol. The molecule has 1 N–H and O–H groups in total. The number of aryl methyl sites for hydroxylation is 1. The summed E-state index contributed by atoms with van der Waals surface area (Å²) in [5.74, 6) is 0.521. The number of carbonyl (C=O) groups is 1. The van der Waals surface area contributed by atoms with Crippen molar-refractivity contribution in [1.82, 2.24) is 14.7 Å². The van der Waals surface area contributed by atoms with Crippen molar-refractivity contribution in [3.63, 3.8) is 0 Å².